The zero-order chi connectivity index (χ0) is 13.3. The van der Waals surface area contributed by atoms with E-state index in [4.69, 9.17) is 4.74 Å². The van der Waals surface area contributed by atoms with Gasteiger partial charge < -0.3 is 9.84 Å². The summed E-state index contributed by atoms with van der Waals surface area (Å²) in [7, 11) is 3.24. The van der Waals surface area contributed by atoms with Crippen LogP contribution in [0.5, 0.6) is 5.88 Å². The van der Waals surface area contributed by atoms with Crippen LogP contribution in [0.25, 0.3) is 0 Å². The van der Waals surface area contributed by atoms with Crippen LogP contribution in [0.3, 0.4) is 0 Å². The minimum atomic E-state index is -0.963. The van der Waals surface area contributed by atoms with Crippen LogP contribution >= 0.6 is 0 Å². The Morgan fingerprint density at radius 1 is 1.33 bits per heavy atom. The normalized spacial score (nSPS) is 12.5. The van der Waals surface area contributed by atoms with E-state index >= 15 is 0 Å². The third-order valence-electron chi connectivity index (χ3n) is 2.73. The molecule has 0 saturated heterocycles. The molecule has 0 amide bonds. The first-order valence-corrected chi connectivity index (χ1v) is 5.54. The molecule has 96 valence electrons. The standard InChI is InChI=1S/C13H15FN2O2/c1-8-4-9(6-10(14)5-8)13(17)11-7-12(18-3)16(2)15-11/h4-7,13,17H,1-3H3. The Morgan fingerprint density at radius 2 is 2.06 bits per heavy atom. The predicted molar refractivity (Wildman–Crippen MR) is 65.0 cm³/mol. The monoisotopic (exact) mass is 250 g/mol. The van der Waals surface area contributed by atoms with E-state index in [1.165, 1.54) is 23.9 Å². The predicted octanol–water partition coefficient (Wildman–Crippen LogP) is 1.96. The highest BCUT2D eigenvalue weighted by molar-refractivity contribution is 5.31. The van der Waals surface area contributed by atoms with Gasteiger partial charge in [-0.3, -0.25) is 0 Å². The van der Waals surface area contributed by atoms with Crippen molar-refractivity contribution in [2.75, 3.05) is 7.11 Å². The summed E-state index contributed by atoms with van der Waals surface area (Å²) < 4.78 is 19.9. The van der Waals surface area contributed by atoms with E-state index in [0.717, 1.165) is 5.56 Å². The molecule has 0 saturated carbocycles. The number of aryl methyl sites for hydroxylation is 2. The van der Waals surface area contributed by atoms with Gasteiger partial charge in [-0.15, -0.1) is 0 Å². The fourth-order valence-corrected chi connectivity index (χ4v) is 1.89. The molecule has 0 bridgehead atoms. The van der Waals surface area contributed by atoms with Crippen molar-refractivity contribution in [1.29, 1.82) is 0 Å². The molecule has 1 aromatic carbocycles. The Balaban J connectivity index is 2.37. The third kappa shape index (κ3) is 2.36. The Morgan fingerprint density at radius 3 is 2.61 bits per heavy atom. The van der Waals surface area contributed by atoms with Crippen LogP contribution in [0.1, 0.15) is 22.9 Å². The van der Waals surface area contributed by atoms with Crippen molar-refractivity contribution in [3.05, 3.63) is 46.9 Å². The van der Waals surface area contributed by atoms with Crippen LogP contribution in [0.4, 0.5) is 4.39 Å². The van der Waals surface area contributed by atoms with Crippen molar-refractivity contribution in [2.45, 2.75) is 13.0 Å². The molecule has 0 aliphatic heterocycles. The Hall–Kier alpha value is -1.88. The minimum absolute atomic E-state index is 0.369. The molecule has 5 heteroatoms. The average Bonchev–Trinajstić information content (AvgIpc) is 2.68. The summed E-state index contributed by atoms with van der Waals surface area (Å²) in [6, 6.07) is 6.08. The van der Waals surface area contributed by atoms with Gasteiger partial charge in [-0.2, -0.15) is 5.10 Å². The lowest BCUT2D eigenvalue weighted by molar-refractivity contribution is 0.213. The van der Waals surface area contributed by atoms with Crippen molar-refractivity contribution >= 4 is 0 Å². The van der Waals surface area contributed by atoms with Crippen LogP contribution in [0, 0.1) is 12.7 Å². The van der Waals surface area contributed by atoms with Gasteiger partial charge >= 0.3 is 0 Å². The molecular formula is C13H15FN2O2. The number of ether oxygens (including phenoxy) is 1. The lowest BCUT2D eigenvalue weighted by atomic mass is 10.0. The number of nitrogens with zero attached hydrogens (tertiary/aromatic N) is 2. The lowest BCUT2D eigenvalue weighted by Gasteiger charge is -2.09. The van der Waals surface area contributed by atoms with Gasteiger partial charge in [0, 0.05) is 13.1 Å². The highest BCUT2D eigenvalue weighted by Gasteiger charge is 2.17. The number of aromatic nitrogens is 2. The molecule has 1 N–H and O–H groups in total. The van der Waals surface area contributed by atoms with Crippen LogP contribution in [0.2, 0.25) is 0 Å². The summed E-state index contributed by atoms with van der Waals surface area (Å²) in [4.78, 5) is 0. The molecule has 1 heterocycles. The second-order valence-corrected chi connectivity index (χ2v) is 4.20. The summed E-state index contributed by atoms with van der Waals surface area (Å²) in [6.45, 7) is 1.78. The molecule has 2 aromatic rings. The highest BCUT2D eigenvalue weighted by Crippen LogP contribution is 2.25. The van der Waals surface area contributed by atoms with Gasteiger partial charge in [0.15, 0.2) is 0 Å². The van der Waals surface area contributed by atoms with Crippen LogP contribution in [-0.4, -0.2) is 22.0 Å². The molecule has 0 radical (unpaired) electrons. The van der Waals surface area contributed by atoms with E-state index in [1.54, 1.807) is 26.1 Å². The molecule has 1 aromatic heterocycles. The van der Waals surface area contributed by atoms with E-state index < -0.39 is 6.10 Å². The molecular weight excluding hydrogens is 235 g/mol. The summed E-state index contributed by atoms with van der Waals surface area (Å²) >= 11 is 0. The van der Waals surface area contributed by atoms with E-state index in [9.17, 15) is 9.50 Å². The first kappa shape index (κ1) is 12.6. The van der Waals surface area contributed by atoms with Gasteiger partial charge in [0.05, 0.1) is 12.8 Å². The van der Waals surface area contributed by atoms with Gasteiger partial charge in [-0.05, 0) is 30.2 Å². The lowest BCUT2D eigenvalue weighted by Crippen LogP contribution is -2.03. The second kappa shape index (κ2) is 4.78. The number of rotatable bonds is 3. The van der Waals surface area contributed by atoms with Crippen LogP contribution < -0.4 is 4.74 Å². The summed E-state index contributed by atoms with van der Waals surface area (Å²) in [5.41, 5.74) is 1.67. The number of hydrogen-bond donors (Lipinski definition) is 1. The third-order valence-corrected chi connectivity index (χ3v) is 2.73. The van der Waals surface area contributed by atoms with E-state index in [-0.39, 0.29) is 5.82 Å². The maximum Gasteiger partial charge on any atom is 0.211 e. The van der Waals surface area contributed by atoms with E-state index in [2.05, 4.69) is 5.10 Å². The van der Waals surface area contributed by atoms with Gasteiger partial charge in [0.1, 0.15) is 11.9 Å². The number of halogens is 1. The molecule has 18 heavy (non-hydrogen) atoms. The maximum atomic E-state index is 13.3. The number of methoxy groups -OCH3 is 1. The molecule has 0 aliphatic carbocycles. The summed E-state index contributed by atoms with van der Waals surface area (Å²) in [5.74, 6) is 0.170. The fraction of sp³-hybridized carbons (Fsp3) is 0.308. The number of benzene rings is 1. The first-order chi connectivity index (χ1) is 8.51. The van der Waals surface area contributed by atoms with Gasteiger partial charge in [-0.25, -0.2) is 9.07 Å². The Labute approximate surface area is 105 Å². The molecule has 2 rings (SSSR count). The maximum absolute atomic E-state index is 13.3. The van der Waals surface area contributed by atoms with Crippen molar-refractivity contribution in [3.63, 3.8) is 0 Å². The summed E-state index contributed by atoms with van der Waals surface area (Å²) in [5, 5.41) is 14.3. The topological polar surface area (TPSA) is 47.3 Å². The number of aliphatic hydroxyl groups is 1. The van der Waals surface area contributed by atoms with Gasteiger partial charge in [0.2, 0.25) is 5.88 Å². The number of aliphatic hydroxyl groups excluding tert-OH is 1. The molecule has 0 spiro atoms. The quantitative estimate of drug-likeness (QED) is 0.905. The van der Waals surface area contributed by atoms with Crippen LogP contribution in [0.15, 0.2) is 24.3 Å². The molecule has 1 unspecified atom stereocenters. The van der Waals surface area contributed by atoms with E-state index in [1.807, 2.05) is 0 Å². The highest BCUT2D eigenvalue weighted by atomic mass is 19.1. The van der Waals surface area contributed by atoms with Crippen molar-refractivity contribution in [2.24, 2.45) is 7.05 Å². The molecule has 0 fully saturated rings. The minimum Gasteiger partial charge on any atom is -0.481 e. The SMILES string of the molecule is COc1cc(C(O)c2cc(C)cc(F)c2)nn1C. The Bertz CT molecular complexity index is 546. The summed E-state index contributed by atoms with van der Waals surface area (Å²) in [6.07, 6.45) is -0.963. The van der Waals surface area contributed by atoms with Crippen molar-refractivity contribution < 1.29 is 14.2 Å². The molecule has 4 nitrogen and oxygen atoms in total. The van der Waals surface area contributed by atoms with Crippen LogP contribution in [-0.2, 0) is 7.05 Å². The second-order valence-electron chi connectivity index (χ2n) is 4.20. The zero-order valence-corrected chi connectivity index (χ0v) is 10.5. The largest absolute Gasteiger partial charge is 0.481 e. The molecule has 0 aliphatic rings. The average molecular weight is 250 g/mol. The van der Waals surface area contributed by atoms with Crippen molar-refractivity contribution in [3.8, 4) is 5.88 Å². The molecule has 1 atom stereocenters. The van der Waals surface area contributed by atoms with E-state index in [0.29, 0.717) is 17.1 Å². The van der Waals surface area contributed by atoms with Gasteiger partial charge in [0.25, 0.3) is 0 Å². The first-order valence-electron chi connectivity index (χ1n) is 5.54. The van der Waals surface area contributed by atoms with Gasteiger partial charge in [-0.1, -0.05) is 6.07 Å². The smallest absolute Gasteiger partial charge is 0.211 e. The zero-order valence-electron chi connectivity index (χ0n) is 10.5. The fourth-order valence-electron chi connectivity index (χ4n) is 1.89. The Kier molecular flexibility index (Phi) is 3.34. The number of hydrogen-bond acceptors (Lipinski definition) is 3. The van der Waals surface area contributed by atoms with Crippen molar-refractivity contribution in [1.82, 2.24) is 9.78 Å².